The van der Waals surface area contributed by atoms with Gasteiger partial charge in [0.25, 0.3) is 0 Å². The second kappa shape index (κ2) is 3.80. The first-order valence-corrected chi connectivity index (χ1v) is 4.84. The number of hydrogen-bond acceptors (Lipinski definition) is 1. The second-order valence-electron chi connectivity index (χ2n) is 3.56. The molecule has 1 heterocycles. The van der Waals surface area contributed by atoms with E-state index in [0.29, 0.717) is 5.52 Å². The number of benzene rings is 1. The number of rotatable bonds is 2. The number of halogens is 3. The van der Waals surface area contributed by atoms with E-state index in [1.165, 1.54) is 16.7 Å². The number of nitrogens with one attached hydrogen (secondary N) is 1. The zero-order valence-corrected chi connectivity index (χ0v) is 8.71. The zero-order valence-electron chi connectivity index (χ0n) is 8.71. The van der Waals surface area contributed by atoms with Crippen molar-refractivity contribution in [3.63, 3.8) is 0 Å². The topological polar surface area (TPSA) is 37.8 Å². The van der Waals surface area contributed by atoms with Crippen LogP contribution in [0.15, 0.2) is 35.6 Å². The van der Waals surface area contributed by atoms with Crippen molar-refractivity contribution >= 4 is 11.0 Å². The summed E-state index contributed by atoms with van der Waals surface area (Å²) in [5.41, 5.74) is -0.615. The number of aromatic nitrogens is 2. The van der Waals surface area contributed by atoms with Crippen molar-refractivity contribution in [2.45, 2.75) is 12.7 Å². The van der Waals surface area contributed by atoms with E-state index >= 15 is 0 Å². The normalized spacial score (nSPS) is 11.9. The van der Waals surface area contributed by atoms with Crippen molar-refractivity contribution in [1.29, 1.82) is 0 Å². The number of alkyl halides is 3. The number of hydrogen-bond donors (Lipinski definition) is 1. The van der Waals surface area contributed by atoms with Gasteiger partial charge in [0, 0.05) is 6.54 Å². The predicted molar refractivity (Wildman–Crippen MR) is 57.8 cm³/mol. The summed E-state index contributed by atoms with van der Waals surface area (Å²) in [6.45, 7) is 3.63. The van der Waals surface area contributed by atoms with Crippen molar-refractivity contribution in [2.75, 3.05) is 0 Å². The smallest absolute Gasteiger partial charge is 0.306 e. The lowest BCUT2D eigenvalue weighted by atomic mass is 10.2. The molecule has 2 rings (SSSR count). The molecule has 17 heavy (non-hydrogen) atoms. The lowest BCUT2D eigenvalue weighted by molar-refractivity contribution is -0.137. The van der Waals surface area contributed by atoms with Gasteiger partial charge in [-0.25, -0.2) is 4.79 Å². The summed E-state index contributed by atoms with van der Waals surface area (Å²) >= 11 is 0. The van der Waals surface area contributed by atoms with E-state index in [2.05, 4.69) is 11.6 Å². The Balaban J connectivity index is 2.70. The average Bonchev–Trinajstić information content (AvgIpc) is 2.54. The molecule has 0 bridgehead atoms. The Morgan fingerprint density at radius 1 is 1.41 bits per heavy atom. The van der Waals surface area contributed by atoms with Crippen LogP contribution < -0.4 is 5.69 Å². The van der Waals surface area contributed by atoms with Crippen molar-refractivity contribution in [3.8, 4) is 0 Å². The minimum atomic E-state index is -4.42. The van der Waals surface area contributed by atoms with E-state index in [4.69, 9.17) is 0 Å². The molecular formula is C11H9F3N2O. The highest BCUT2D eigenvalue weighted by Gasteiger charge is 2.30. The van der Waals surface area contributed by atoms with Crippen LogP contribution in [0.3, 0.4) is 0 Å². The quantitative estimate of drug-likeness (QED) is 0.807. The summed E-state index contributed by atoms with van der Waals surface area (Å²) < 4.78 is 38.8. The number of fused-ring (bicyclic) bond motifs is 1. The molecule has 0 saturated carbocycles. The predicted octanol–water partition coefficient (Wildman–Crippen LogP) is 2.53. The molecule has 1 aromatic heterocycles. The summed E-state index contributed by atoms with van der Waals surface area (Å²) in [5, 5.41) is 0. The molecule has 0 atom stereocenters. The lowest BCUT2D eigenvalue weighted by Crippen LogP contribution is -2.15. The fraction of sp³-hybridized carbons (Fsp3) is 0.182. The van der Waals surface area contributed by atoms with Gasteiger partial charge in [0.15, 0.2) is 0 Å². The molecule has 0 saturated heterocycles. The minimum Gasteiger partial charge on any atom is -0.306 e. The van der Waals surface area contributed by atoms with E-state index in [1.807, 2.05) is 0 Å². The molecule has 0 radical (unpaired) electrons. The molecule has 0 aliphatic rings. The van der Waals surface area contributed by atoms with Crippen LogP contribution in [0, 0.1) is 0 Å². The van der Waals surface area contributed by atoms with E-state index < -0.39 is 17.4 Å². The molecule has 1 aromatic carbocycles. The summed E-state index contributed by atoms with van der Waals surface area (Å²) in [7, 11) is 0. The Hall–Kier alpha value is -1.98. The number of allylic oxidation sites excluding steroid dienone is 1. The van der Waals surface area contributed by atoms with Gasteiger partial charge < -0.3 is 4.98 Å². The summed E-state index contributed by atoms with van der Waals surface area (Å²) in [4.78, 5) is 14.0. The molecule has 0 aliphatic carbocycles. The fourth-order valence-corrected chi connectivity index (χ4v) is 1.64. The van der Waals surface area contributed by atoms with Crippen LogP contribution in [-0.2, 0) is 12.7 Å². The van der Waals surface area contributed by atoms with Gasteiger partial charge in [-0.1, -0.05) is 6.08 Å². The van der Waals surface area contributed by atoms with Crippen molar-refractivity contribution in [3.05, 3.63) is 46.9 Å². The first-order valence-electron chi connectivity index (χ1n) is 4.84. The van der Waals surface area contributed by atoms with Gasteiger partial charge in [-0.05, 0) is 18.2 Å². The van der Waals surface area contributed by atoms with Gasteiger partial charge in [0.1, 0.15) is 0 Å². The third-order valence-electron chi connectivity index (χ3n) is 2.41. The standard InChI is InChI=1S/C11H9F3N2O/c1-2-5-16-9-6-7(11(12,13)14)3-4-8(9)15-10(16)17/h2-4,6H,1,5H2,(H,15,17). The monoisotopic (exact) mass is 242 g/mol. The molecular weight excluding hydrogens is 233 g/mol. The number of H-pyrrole nitrogens is 1. The largest absolute Gasteiger partial charge is 0.416 e. The average molecular weight is 242 g/mol. The van der Waals surface area contributed by atoms with Gasteiger partial charge in [-0.15, -0.1) is 6.58 Å². The van der Waals surface area contributed by atoms with Gasteiger partial charge in [0.05, 0.1) is 16.6 Å². The van der Waals surface area contributed by atoms with Crippen LogP contribution in [0.5, 0.6) is 0 Å². The molecule has 2 aromatic rings. The van der Waals surface area contributed by atoms with Crippen LogP contribution in [-0.4, -0.2) is 9.55 Å². The first kappa shape index (κ1) is 11.5. The first-order chi connectivity index (χ1) is 7.93. The maximum absolute atomic E-state index is 12.5. The highest BCUT2D eigenvalue weighted by Crippen LogP contribution is 2.30. The van der Waals surface area contributed by atoms with Crippen LogP contribution in [0.25, 0.3) is 11.0 Å². The van der Waals surface area contributed by atoms with Gasteiger partial charge in [-0.2, -0.15) is 13.2 Å². The Morgan fingerprint density at radius 2 is 2.12 bits per heavy atom. The Morgan fingerprint density at radius 3 is 2.71 bits per heavy atom. The van der Waals surface area contributed by atoms with E-state index in [0.717, 1.165) is 12.1 Å². The highest BCUT2D eigenvalue weighted by molar-refractivity contribution is 5.76. The van der Waals surface area contributed by atoms with Gasteiger partial charge in [0.2, 0.25) is 0 Å². The third-order valence-corrected chi connectivity index (χ3v) is 2.41. The van der Waals surface area contributed by atoms with Gasteiger partial charge >= 0.3 is 11.9 Å². The van der Waals surface area contributed by atoms with Crippen molar-refractivity contribution < 1.29 is 13.2 Å². The molecule has 0 spiro atoms. The number of imidazole rings is 1. The SMILES string of the molecule is C=CCn1c(=O)[nH]c2ccc(C(F)(F)F)cc21. The van der Waals surface area contributed by atoms with Crippen molar-refractivity contribution in [1.82, 2.24) is 9.55 Å². The van der Waals surface area contributed by atoms with E-state index in [-0.39, 0.29) is 12.1 Å². The molecule has 6 heteroatoms. The van der Waals surface area contributed by atoms with Crippen molar-refractivity contribution in [2.24, 2.45) is 0 Å². The second-order valence-corrected chi connectivity index (χ2v) is 3.56. The third kappa shape index (κ3) is 1.98. The van der Waals surface area contributed by atoms with Crippen LogP contribution >= 0.6 is 0 Å². The lowest BCUT2D eigenvalue weighted by Gasteiger charge is -2.06. The molecule has 90 valence electrons. The Bertz CT molecular complexity index is 622. The number of nitrogens with zero attached hydrogens (tertiary/aromatic N) is 1. The maximum Gasteiger partial charge on any atom is 0.416 e. The molecule has 1 N–H and O–H groups in total. The summed E-state index contributed by atoms with van der Waals surface area (Å²) in [6, 6.07) is 3.15. The van der Waals surface area contributed by atoms with Gasteiger partial charge in [-0.3, -0.25) is 4.57 Å². The molecule has 0 aliphatic heterocycles. The zero-order chi connectivity index (χ0) is 12.6. The summed E-state index contributed by atoms with van der Waals surface area (Å²) in [5.74, 6) is 0. The van der Waals surface area contributed by atoms with Crippen LogP contribution in [0.4, 0.5) is 13.2 Å². The molecule has 3 nitrogen and oxygen atoms in total. The highest BCUT2D eigenvalue weighted by atomic mass is 19.4. The Labute approximate surface area is 94.2 Å². The minimum absolute atomic E-state index is 0.167. The van der Waals surface area contributed by atoms with Crippen LogP contribution in [0.1, 0.15) is 5.56 Å². The molecule has 0 unspecified atom stereocenters. The molecule has 0 fully saturated rings. The molecule has 0 amide bonds. The fourth-order valence-electron chi connectivity index (χ4n) is 1.64. The summed E-state index contributed by atoms with van der Waals surface area (Å²) in [6.07, 6.45) is -2.96. The van der Waals surface area contributed by atoms with Crippen LogP contribution in [0.2, 0.25) is 0 Å². The Kier molecular flexibility index (Phi) is 2.57. The van der Waals surface area contributed by atoms with E-state index in [1.54, 1.807) is 0 Å². The maximum atomic E-state index is 12.5. The van der Waals surface area contributed by atoms with E-state index in [9.17, 15) is 18.0 Å². The number of aromatic amines is 1.